The SMILES string of the molecule is Cc1ccc(S(=O)(=O)n2cc3c(=O)n(C)c(=O)n(C)c3n2)cc1. The van der Waals surface area contributed by atoms with E-state index in [1.54, 1.807) is 12.1 Å². The first kappa shape index (κ1) is 15.2. The van der Waals surface area contributed by atoms with E-state index in [4.69, 9.17) is 0 Å². The zero-order chi connectivity index (χ0) is 16.9. The lowest BCUT2D eigenvalue weighted by molar-refractivity contribution is 0.580. The maximum Gasteiger partial charge on any atom is 0.332 e. The fraction of sp³-hybridized carbons (Fsp3) is 0.214. The Balaban J connectivity index is 2.32. The normalized spacial score (nSPS) is 12.0. The predicted molar refractivity (Wildman–Crippen MR) is 84.0 cm³/mol. The summed E-state index contributed by atoms with van der Waals surface area (Å²) in [7, 11) is -1.17. The molecular formula is C14H14N4O4S. The lowest BCUT2D eigenvalue weighted by Crippen LogP contribution is -2.36. The smallest absolute Gasteiger partial charge is 0.279 e. The topological polar surface area (TPSA) is 96.0 Å². The van der Waals surface area contributed by atoms with Crippen LogP contribution in [-0.2, 0) is 24.1 Å². The first-order chi connectivity index (χ1) is 10.7. The summed E-state index contributed by atoms with van der Waals surface area (Å²) in [5.74, 6) is 0. The van der Waals surface area contributed by atoms with Gasteiger partial charge in [-0.3, -0.25) is 13.9 Å². The van der Waals surface area contributed by atoms with Crippen molar-refractivity contribution < 1.29 is 8.42 Å². The molecular weight excluding hydrogens is 320 g/mol. The van der Waals surface area contributed by atoms with Gasteiger partial charge >= 0.3 is 5.69 Å². The zero-order valence-corrected chi connectivity index (χ0v) is 13.5. The van der Waals surface area contributed by atoms with E-state index in [0.29, 0.717) is 0 Å². The Labute approximate surface area is 131 Å². The van der Waals surface area contributed by atoms with Crippen molar-refractivity contribution in [2.45, 2.75) is 11.8 Å². The molecule has 9 heteroatoms. The summed E-state index contributed by atoms with van der Waals surface area (Å²) in [6.45, 7) is 1.85. The van der Waals surface area contributed by atoms with E-state index in [1.807, 2.05) is 6.92 Å². The molecule has 2 heterocycles. The number of hydrogen-bond acceptors (Lipinski definition) is 5. The number of aromatic nitrogens is 4. The van der Waals surface area contributed by atoms with Crippen LogP contribution in [0.2, 0.25) is 0 Å². The Morgan fingerprint density at radius 1 is 1.00 bits per heavy atom. The zero-order valence-electron chi connectivity index (χ0n) is 12.7. The summed E-state index contributed by atoms with van der Waals surface area (Å²) in [5, 5.41) is 3.98. The van der Waals surface area contributed by atoms with Crippen LogP contribution in [0.15, 0.2) is 44.9 Å². The summed E-state index contributed by atoms with van der Waals surface area (Å²) >= 11 is 0. The molecule has 3 rings (SSSR count). The molecule has 0 aliphatic heterocycles. The van der Waals surface area contributed by atoms with Gasteiger partial charge in [-0.25, -0.2) is 4.79 Å². The van der Waals surface area contributed by atoms with Gasteiger partial charge < -0.3 is 0 Å². The van der Waals surface area contributed by atoms with Crippen molar-refractivity contribution >= 4 is 21.1 Å². The lowest BCUT2D eigenvalue weighted by atomic mass is 10.2. The molecule has 0 aliphatic rings. The van der Waals surface area contributed by atoms with Crippen LogP contribution >= 0.6 is 0 Å². The van der Waals surface area contributed by atoms with Crippen molar-refractivity contribution in [3.05, 3.63) is 56.9 Å². The van der Waals surface area contributed by atoms with Crippen LogP contribution in [-0.4, -0.2) is 26.7 Å². The third-order valence-corrected chi connectivity index (χ3v) is 5.21. The average molecular weight is 334 g/mol. The van der Waals surface area contributed by atoms with Crippen molar-refractivity contribution in [1.29, 1.82) is 0 Å². The van der Waals surface area contributed by atoms with Gasteiger partial charge in [0.1, 0.15) is 5.39 Å². The maximum absolute atomic E-state index is 12.6. The fourth-order valence-corrected chi connectivity index (χ4v) is 3.39. The lowest BCUT2D eigenvalue weighted by Gasteiger charge is -2.04. The van der Waals surface area contributed by atoms with Crippen LogP contribution in [0.5, 0.6) is 0 Å². The van der Waals surface area contributed by atoms with Crippen molar-refractivity contribution in [1.82, 2.24) is 18.3 Å². The van der Waals surface area contributed by atoms with E-state index in [2.05, 4.69) is 5.10 Å². The third kappa shape index (κ3) is 2.20. The number of fused-ring (bicyclic) bond motifs is 1. The van der Waals surface area contributed by atoms with Gasteiger partial charge in [-0.05, 0) is 19.1 Å². The van der Waals surface area contributed by atoms with E-state index in [9.17, 15) is 18.0 Å². The summed E-state index contributed by atoms with van der Waals surface area (Å²) in [6.07, 6.45) is 1.13. The number of aryl methyl sites for hydroxylation is 2. The van der Waals surface area contributed by atoms with Crippen LogP contribution < -0.4 is 11.2 Å². The van der Waals surface area contributed by atoms with Gasteiger partial charge in [-0.1, -0.05) is 17.7 Å². The van der Waals surface area contributed by atoms with Gasteiger partial charge in [-0.2, -0.15) is 12.5 Å². The molecule has 0 atom stereocenters. The largest absolute Gasteiger partial charge is 0.332 e. The maximum atomic E-state index is 12.6. The van der Waals surface area contributed by atoms with Crippen LogP contribution in [0.3, 0.4) is 0 Å². The Kier molecular flexibility index (Phi) is 3.25. The molecule has 0 bridgehead atoms. The Morgan fingerprint density at radius 2 is 1.61 bits per heavy atom. The molecule has 3 aromatic rings. The van der Waals surface area contributed by atoms with E-state index in [0.717, 1.165) is 25.0 Å². The minimum atomic E-state index is -3.93. The van der Waals surface area contributed by atoms with Gasteiger partial charge in [0.25, 0.3) is 15.6 Å². The quantitative estimate of drug-likeness (QED) is 0.656. The molecule has 0 aliphatic carbocycles. The van der Waals surface area contributed by atoms with Crippen molar-refractivity contribution in [3.8, 4) is 0 Å². The highest BCUT2D eigenvalue weighted by Gasteiger charge is 2.21. The van der Waals surface area contributed by atoms with Crippen LogP contribution in [0.25, 0.3) is 11.0 Å². The molecule has 23 heavy (non-hydrogen) atoms. The van der Waals surface area contributed by atoms with Gasteiger partial charge in [0, 0.05) is 14.1 Å². The fourth-order valence-electron chi connectivity index (χ4n) is 2.27. The first-order valence-electron chi connectivity index (χ1n) is 6.71. The first-order valence-corrected chi connectivity index (χ1v) is 8.15. The molecule has 0 radical (unpaired) electrons. The molecule has 1 aromatic carbocycles. The van der Waals surface area contributed by atoms with Crippen LogP contribution in [0.1, 0.15) is 5.56 Å². The minimum Gasteiger partial charge on any atom is -0.279 e. The highest BCUT2D eigenvalue weighted by molar-refractivity contribution is 7.89. The average Bonchev–Trinajstić information content (AvgIpc) is 2.97. The molecule has 0 saturated heterocycles. The van der Waals surface area contributed by atoms with Gasteiger partial charge in [0.2, 0.25) is 0 Å². The highest BCUT2D eigenvalue weighted by atomic mass is 32.2. The Morgan fingerprint density at radius 3 is 2.22 bits per heavy atom. The van der Waals surface area contributed by atoms with E-state index < -0.39 is 21.3 Å². The van der Waals surface area contributed by atoms with E-state index in [-0.39, 0.29) is 15.9 Å². The minimum absolute atomic E-state index is 0.0220. The molecule has 0 N–H and O–H groups in total. The second-order valence-electron chi connectivity index (χ2n) is 5.26. The summed E-state index contributed by atoms with van der Waals surface area (Å²) in [6, 6.07) is 6.28. The van der Waals surface area contributed by atoms with Crippen molar-refractivity contribution in [2.75, 3.05) is 0 Å². The Bertz CT molecular complexity index is 1130. The second-order valence-corrected chi connectivity index (χ2v) is 7.06. The summed E-state index contributed by atoms with van der Waals surface area (Å²) in [4.78, 5) is 24.1. The molecule has 0 saturated carbocycles. The number of hydrogen-bond donors (Lipinski definition) is 0. The summed E-state index contributed by atoms with van der Waals surface area (Å²) in [5.41, 5.74) is -0.214. The summed E-state index contributed by atoms with van der Waals surface area (Å²) < 4.78 is 28.0. The highest BCUT2D eigenvalue weighted by Crippen LogP contribution is 2.16. The monoisotopic (exact) mass is 334 g/mol. The van der Waals surface area contributed by atoms with Crippen LogP contribution in [0.4, 0.5) is 0 Å². The van der Waals surface area contributed by atoms with E-state index >= 15 is 0 Å². The molecule has 0 unspecified atom stereocenters. The number of rotatable bonds is 2. The molecule has 0 amide bonds. The molecule has 0 fully saturated rings. The molecule has 120 valence electrons. The number of nitrogens with zero attached hydrogens (tertiary/aromatic N) is 4. The van der Waals surface area contributed by atoms with Gasteiger partial charge in [0.15, 0.2) is 5.65 Å². The van der Waals surface area contributed by atoms with Gasteiger partial charge in [-0.15, -0.1) is 5.10 Å². The number of benzene rings is 1. The van der Waals surface area contributed by atoms with Crippen LogP contribution in [0, 0.1) is 6.92 Å². The Hall–Kier alpha value is -2.68. The van der Waals surface area contributed by atoms with Crippen molar-refractivity contribution in [2.24, 2.45) is 14.1 Å². The standard InChI is InChI=1S/C14H14N4O4S/c1-9-4-6-10(7-5-9)23(21,22)18-8-11-12(15-18)16(2)14(20)17(3)13(11)19/h4-8H,1-3H3. The van der Waals surface area contributed by atoms with Gasteiger partial charge in [0.05, 0.1) is 11.1 Å². The molecule has 8 nitrogen and oxygen atoms in total. The van der Waals surface area contributed by atoms with E-state index in [1.165, 1.54) is 26.2 Å². The second kappa shape index (κ2) is 4.92. The molecule has 0 spiro atoms. The predicted octanol–water partition coefficient (Wildman–Crippen LogP) is -0.0209. The molecule has 2 aromatic heterocycles. The third-order valence-electron chi connectivity index (χ3n) is 3.67. The van der Waals surface area contributed by atoms with Crippen molar-refractivity contribution in [3.63, 3.8) is 0 Å².